The number of anilines is 2. The van der Waals surface area contributed by atoms with Gasteiger partial charge in [0.05, 0.1) is 11.4 Å². The van der Waals surface area contributed by atoms with Crippen LogP contribution in [-0.2, 0) is 11.3 Å². The Kier molecular flexibility index (Phi) is 3.43. The SMILES string of the molecule is O=C1COc2c(NCc3cnccc3Cl)cccc2N1. The molecule has 1 aliphatic heterocycles. The van der Waals surface area contributed by atoms with Crippen molar-refractivity contribution in [3.05, 3.63) is 47.2 Å². The first-order valence-electron chi connectivity index (χ1n) is 6.12. The molecule has 0 aliphatic carbocycles. The molecule has 0 spiro atoms. The maximum Gasteiger partial charge on any atom is 0.262 e. The van der Waals surface area contributed by atoms with Crippen LogP contribution in [0.4, 0.5) is 11.4 Å². The molecule has 0 radical (unpaired) electrons. The molecule has 2 heterocycles. The van der Waals surface area contributed by atoms with Gasteiger partial charge in [-0.25, -0.2) is 0 Å². The fraction of sp³-hybridized carbons (Fsp3) is 0.143. The Labute approximate surface area is 120 Å². The molecular weight excluding hydrogens is 278 g/mol. The lowest BCUT2D eigenvalue weighted by Gasteiger charge is -2.21. The van der Waals surface area contributed by atoms with Gasteiger partial charge in [-0.1, -0.05) is 17.7 Å². The number of nitrogens with zero attached hydrogens (tertiary/aromatic N) is 1. The molecule has 102 valence electrons. The summed E-state index contributed by atoms with van der Waals surface area (Å²) in [7, 11) is 0. The van der Waals surface area contributed by atoms with Crippen LogP contribution in [0, 0.1) is 0 Å². The fourth-order valence-corrected chi connectivity index (χ4v) is 2.16. The number of para-hydroxylation sites is 1. The second-order valence-electron chi connectivity index (χ2n) is 4.34. The number of ether oxygens (including phenoxy) is 1. The molecule has 2 N–H and O–H groups in total. The van der Waals surface area contributed by atoms with Gasteiger partial charge in [0.15, 0.2) is 12.4 Å². The Morgan fingerprint density at radius 2 is 2.30 bits per heavy atom. The maximum absolute atomic E-state index is 11.3. The Hall–Kier alpha value is -2.27. The highest BCUT2D eigenvalue weighted by Gasteiger charge is 2.18. The Morgan fingerprint density at radius 3 is 3.15 bits per heavy atom. The van der Waals surface area contributed by atoms with Crippen molar-refractivity contribution in [2.75, 3.05) is 17.2 Å². The van der Waals surface area contributed by atoms with Crippen LogP contribution in [0.15, 0.2) is 36.7 Å². The molecule has 1 aromatic carbocycles. The molecule has 0 unspecified atom stereocenters. The summed E-state index contributed by atoms with van der Waals surface area (Å²) in [4.78, 5) is 15.3. The lowest BCUT2D eigenvalue weighted by molar-refractivity contribution is -0.118. The van der Waals surface area contributed by atoms with Crippen LogP contribution in [0.5, 0.6) is 5.75 Å². The van der Waals surface area contributed by atoms with Crippen molar-refractivity contribution in [3.63, 3.8) is 0 Å². The van der Waals surface area contributed by atoms with Crippen molar-refractivity contribution in [1.29, 1.82) is 0 Å². The van der Waals surface area contributed by atoms with Crippen molar-refractivity contribution >= 4 is 28.9 Å². The lowest BCUT2D eigenvalue weighted by atomic mass is 10.2. The van der Waals surface area contributed by atoms with Gasteiger partial charge >= 0.3 is 0 Å². The highest BCUT2D eigenvalue weighted by Crippen LogP contribution is 2.35. The third-order valence-electron chi connectivity index (χ3n) is 2.95. The van der Waals surface area contributed by atoms with Crippen LogP contribution in [0.2, 0.25) is 5.02 Å². The average Bonchev–Trinajstić information content (AvgIpc) is 2.46. The molecule has 5 nitrogen and oxygen atoms in total. The molecule has 1 aliphatic rings. The molecule has 0 atom stereocenters. The van der Waals surface area contributed by atoms with Gasteiger partial charge in [0.2, 0.25) is 0 Å². The van der Waals surface area contributed by atoms with E-state index in [-0.39, 0.29) is 12.5 Å². The Morgan fingerprint density at radius 1 is 1.40 bits per heavy atom. The van der Waals surface area contributed by atoms with Gasteiger partial charge < -0.3 is 15.4 Å². The Bertz CT molecular complexity index is 661. The van der Waals surface area contributed by atoms with E-state index >= 15 is 0 Å². The van der Waals surface area contributed by atoms with E-state index in [0.717, 1.165) is 11.3 Å². The summed E-state index contributed by atoms with van der Waals surface area (Å²) in [6, 6.07) is 7.28. The number of carbonyl (C=O) groups is 1. The van der Waals surface area contributed by atoms with E-state index < -0.39 is 0 Å². The minimum Gasteiger partial charge on any atom is -0.479 e. The molecule has 1 amide bonds. The summed E-state index contributed by atoms with van der Waals surface area (Å²) >= 11 is 6.08. The number of carbonyl (C=O) groups excluding carboxylic acids is 1. The summed E-state index contributed by atoms with van der Waals surface area (Å²) in [6.07, 6.45) is 3.36. The van der Waals surface area contributed by atoms with E-state index in [1.807, 2.05) is 12.1 Å². The predicted octanol–water partition coefficient (Wildman–Crippen LogP) is 2.68. The quantitative estimate of drug-likeness (QED) is 0.912. The molecule has 0 fully saturated rings. The van der Waals surface area contributed by atoms with Crippen molar-refractivity contribution in [1.82, 2.24) is 4.98 Å². The zero-order valence-electron chi connectivity index (χ0n) is 10.5. The molecule has 0 saturated carbocycles. The zero-order valence-corrected chi connectivity index (χ0v) is 11.3. The number of hydrogen-bond donors (Lipinski definition) is 2. The highest BCUT2D eigenvalue weighted by atomic mass is 35.5. The van der Waals surface area contributed by atoms with E-state index in [2.05, 4.69) is 15.6 Å². The first kappa shape index (κ1) is 12.7. The maximum atomic E-state index is 11.3. The standard InChI is InChI=1S/C14H12ClN3O2/c15-10-4-5-16-6-9(10)7-17-11-2-1-3-12-14(11)20-8-13(19)18-12/h1-6,17H,7-8H2,(H,18,19). The van der Waals surface area contributed by atoms with E-state index in [0.29, 0.717) is 23.0 Å². The van der Waals surface area contributed by atoms with Gasteiger partial charge in [0.25, 0.3) is 5.91 Å². The smallest absolute Gasteiger partial charge is 0.262 e. The first-order valence-corrected chi connectivity index (χ1v) is 6.50. The summed E-state index contributed by atoms with van der Waals surface area (Å²) in [5, 5.41) is 6.67. The van der Waals surface area contributed by atoms with E-state index in [1.165, 1.54) is 0 Å². The predicted molar refractivity (Wildman–Crippen MR) is 77.1 cm³/mol. The van der Waals surface area contributed by atoms with Crippen molar-refractivity contribution in [2.24, 2.45) is 0 Å². The van der Waals surface area contributed by atoms with Gasteiger partial charge in [-0.15, -0.1) is 0 Å². The van der Waals surface area contributed by atoms with Gasteiger partial charge in [-0.05, 0) is 18.2 Å². The number of rotatable bonds is 3. The second-order valence-corrected chi connectivity index (χ2v) is 4.75. The van der Waals surface area contributed by atoms with Gasteiger partial charge in [0, 0.05) is 29.5 Å². The van der Waals surface area contributed by atoms with Crippen LogP contribution in [0.1, 0.15) is 5.56 Å². The van der Waals surface area contributed by atoms with E-state index in [9.17, 15) is 4.79 Å². The molecule has 0 saturated heterocycles. The van der Waals surface area contributed by atoms with Gasteiger partial charge in [-0.3, -0.25) is 9.78 Å². The molecule has 20 heavy (non-hydrogen) atoms. The number of amides is 1. The van der Waals surface area contributed by atoms with Crippen LogP contribution < -0.4 is 15.4 Å². The minimum atomic E-state index is -0.148. The summed E-state index contributed by atoms with van der Waals surface area (Å²) in [5.74, 6) is 0.497. The summed E-state index contributed by atoms with van der Waals surface area (Å²) in [6.45, 7) is 0.555. The van der Waals surface area contributed by atoms with E-state index in [4.69, 9.17) is 16.3 Å². The normalized spacial score (nSPS) is 13.2. The molecule has 1 aromatic heterocycles. The summed E-state index contributed by atoms with van der Waals surface area (Å²) < 4.78 is 5.46. The molecule has 6 heteroatoms. The first-order chi connectivity index (χ1) is 9.74. The minimum absolute atomic E-state index is 0.0271. The monoisotopic (exact) mass is 289 g/mol. The average molecular weight is 290 g/mol. The van der Waals surface area contributed by atoms with Crippen molar-refractivity contribution < 1.29 is 9.53 Å². The Balaban J connectivity index is 1.80. The highest BCUT2D eigenvalue weighted by molar-refractivity contribution is 6.31. The van der Waals surface area contributed by atoms with Crippen LogP contribution in [0.25, 0.3) is 0 Å². The number of aromatic nitrogens is 1. The van der Waals surface area contributed by atoms with E-state index in [1.54, 1.807) is 24.5 Å². The number of fused-ring (bicyclic) bond motifs is 1. The lowest BCUT2D eigenvalue weighted by Crippen LogP contribution is -2.25. The second kappa shape index (κ2) is 5.38. The molecular formula is C14H12ClN3O2. The third kappa shape index (κ3) is 2.53. The van der Waals surface area contributed by atoms with Crippen molar-refractivity contribution in [2.45, 2.75) is 6.54 Å². The third-order valence-corrected chi connectivity index (χ3v) is 3.32. The zero-order chi connectivity index (χ0) is 13.9. The largest absolute Gasteiger partial charge is 0.479 e. The molecule has 0 bridgehead atoms. The topological polar surface area (TPSA) is 63.2 Å². The van der Waals surface area contributed by atoms with Crippen LogP contribution in [-0.4, -0.2) is 17.5 Å². The number of benzene rings is 1. The number of pyridine rings is 1. The van der Waals surface area contributed by atoms with Gasteiger partial charge in [0.1, 0.15) is 0 Å². The van der Waals surface area contributed by atoms with Crippen LogP contribution >= 0.6 is 11.6 Å². The van der Waals surface area contributed by atoms with Crippen LogP contribution in [0.3, 0.4) is 0 Å². The number of hydrogen-bond acceptors (Lipinski definition) is 4. The number of nitrogens with one attached hydrogen (secondary N) is 2. The number of halogens is 1. The van der Waals surface area contributed by atoms with Gasteiger partial charge in [-0.2, -0.15) is 0 Å². The fourth-order valence-electron chi connectivity index (χ4n) is 1.98. The molecule has 3 rings (SSSR count). The molecule has 2 aromatic rings. The summed E-state index contributed by atoms with van der Waals surface area (Å²) in [5.41, 5.74) is 2.37. The van der Waals surface area contributed by atoms with Crippen molar-refractivity contribution in [3.8, 4) is 5.75 Å².